The van der Waals surface area contributed by atoms with Crippen LogP contribution in [0.5, 0.6) is 0 Å². The van der Waals surface area contributed by atoms with Crippen LogP contribution >= 0.6 is 0 Å². The molecule has 0 atom stereocenters. The van der Waals surface area contributed by atoms with Crippen molar-refractivity contribution in [2.45, 2.75) is 52.5 Å². The number of amides is 1. The maximum absolute atomic E-state index is 11.8. The second-order valence-electron chi connectivity index (χ2n) is 5.79. The van der Waals surface area contributed by atoms with Crippen LogP contribution in [0.25, 0.3) is 0 Å². The lowest BCUT2D eigenvalue weighted by atomic mass is 9.87. The molecule has 1 rings (SSSR count). The van der Waals surface area contributed by atoms with Crippen molar-refractivity contribution in [3.63, 3.8) is 0 Å². The van der Waals surface area contributed by atoms with Crippen LogP contribution in [0, 0.1) is 22.7 Å². The molecule has 0 aliphatic heterocycles. The van der Waals surface area contributed by atoms with E-state index in [1.807, 2.05) is 13.8 Å². The molecule has 0 aromatic rings. The fourth-order valence-corrected chi connectivity index (χ4v) is 2.11. The van der Waals surface area contributed by atoms with Crippen LogP contribution in [0.2, 0.25) is 0 Å². The molecule has 108 valence electrons. The first kappa shape index (κ1) is 15.6. The molecule has 1 aliphatic rings. The minimum absolute atomic E-state index is 0. The molecule has 1 fully saturated rings. The van der Waals surface area contributed by atoms with E-state index in [0.29, 0.717) is 5.71 Å². The molecule has 0 heterocycles. The van der Waals surface area contributed by atoms with Crippen LogP contribution in [0.15, 0.2) is 12.2 Å². The van der Waals surface area contributed by atoms with Crippen LogP contribution in [-0.2, 0) is 4.79 Å². The summed E-state index contributed by atoms with van der Waals surface area (Å²) in [5, 5.41) is 18.2. The lowest BCUT2D eigenvalue weighted by molar-refractivity contribution is -0.115. The van der Waals surface area contributed by atoms with E-state index < -0.39 is 0 Å². The summed E-state index contributed by atoms with van der Waals surface area (Å²) in [6, 6.07) is 0.210. The van der Waals surface area contributed by atoms with Crippen molar-refractivity contribution in [2.24, 2.45) is 11.8 Å². The maximum atomic E-state index is 11.8. The number of carbonyl (C=O) groups excluding carboxylic acids is 1. The molecule has 1 amide bonds. The number of hydrogen-bond acceptors (Lipinski definition) is 3. The van der Waals surface area contributed by atoms with Gasteiger partial charge in [-0.05, 0) is 49.7 Å². The maximum Gasteiger partial charge on any atom is 0.269 e. The Labute approximate surface area is 117 Å². The molecule has 1 saturated carbocycles. The molecule has 0 saturated heterocycles. The van der Waals surface area contributed by atoms with E-state index in [1.165, 1.54) is 12.2 Å². The highest BCUT2D eigenvalue weighted by Gasteiger charge is 2.20. The Bertz CT molecular complexity index is 383. The summed E-state index contributed by atoms with van der Waals surface area (Å²) in [7, 11) is 0. The fraction of sp³-hybridized carbons (Fsp3) is 0.667. The molecule has 0 aromatic heterocycles. The molecule has 0 unspecified atom stereocenters. The lowest BCUT2D eigenvalue weighted by Crippen LogP contribution is -2.40. The molecule has 19 heavy (non-hydrogen) atoms. The zero-order valence-corrected chi connectivity index (χ0v) is 12.1. The van der Waals surface area contributed by atoms with Gasteiger partial charge in [-0.1, -0.05) is 20.8 Å². The van der Waals surface area contributed by atoms with Crippen molar-refractivity contribution >= 4 is 17.3 Å². The third kappa shape index (κ3) is 5.37. The summed E-state index contributed by atoms with van der Waals surface area (Å²) in [5.41, 5.74) is 0.369. The number of nitrogens with one attached hydrogen (secondary N) is 3. The van der Waals surface area contributed by atoms with Gasteiger partial charge in [0.15, 0.2) is 0 Å². The highest BCUT2D eigenvalue weighted by molar-refractivity contribution is 6.42. The molecule has 0 aromatic carbocycles. The molecule has 1 aliphatic carbocycles. The monoisotopic (exact) mass is 265 g/mol. The number of allylic oxidation sites excluding steroid dienone is 1. The van der Waals surface area contributed by atoms with Crippen LogP contribution in [0.3, 0.4) is 0 Å². The van der Waals surface area contributed by atoms with Gasteiger partial charge in [0, 0.05) is 13.2 Å². The topological polar surface area (TPSA) is 76.8 Å². The quantitative estimate of drug-likeness (QED) is 0.656. The predicted molar refractivity (Wildman–Crippen MR) is 81.1 cm³/mol. The molecule has 3 N–H and O–H groups in total. The molecule has 0 spiro atoms. The number of carbonyl (C=O) groups is 1. The second kappa shape index (κ2) is 7.22. The van der Waals surface area contributed by atoms with E-state index in [1.54, 1.807) is 0 Å². The van der Waals surface area contributed by atoms with Crippen LogP contribution in [0.1, 0.15) is 47.9 Å². The summed E-state index contributed by atoms with van der Waals surface area (Å²) >= 11 is 0. The van der Waals surface area contributed by atoms with Crippen LogP contribution in [-0.4, -0.2) is 23.4 Å². The van der Waals surface area contributed by atoms with Gasteiger partial charge in [0.25, 0.3) is 5.91 Å². The molecule has 4 nitrogen and oxygen atoms in total. The van der Waals surface area contributed by atoms with Gasteiger partial charge in [0.1, 0.15) is 5.71 Å². The van der Waals surface area contributed by atoms with Gasteiger partial charge in [-0.3, -0.25) is 10.2 Å². The zero-order valence-electron chi connectivity index (χ0n) is 12.1. The SMILES string of the molecule is CC1CCC(NC(=O)C(=N)/C=C\C(=N)C(C)C)CC1.[HH]. The Morgan fingerprint density at radius 2 is 1.79 bits per heavy atom. The van der Waals surface area contributed by atoms with Crippen molar-refractivity contribution < 1.29 is 6.22 Å². The van der Waals surface area contributed by atoms with Gasteiger partial charge in [0.2, 0.25) is 0 Å². The van der Waals surface area contributed by atoms with Crippen molar-refractivity contribution in [1.82, 2.24) is 5.32 Å². The van der Waals surface area contributed by atoms with Gasteiger partial charge in [-0.15, -0.1) is 0 Å². The van der Waals surface area contributed by atoms with E-state index in [4.69, 9.17) is 10.8 Å². The molecular formula is C15H27N3O. The minimum atomic E-state index is -0.327. The summed E-state index contributed by atoms with van der Waals surface area (Å²) in [5.74, 6) is 0.540. The minimum Gasteiger partial charge on any atom is -0.348 e. The van der Waals surface area contributed by atoms with E-state index >= 15 is 0 Å². The second-order valence-corrected chi connectivity index (χ2v) is 5.79. The van der Waals surface area contributed by atoms with E-state index in [-0.39, 0.29) is 25.0 Å². The van der Waals surface area contributed by atoms with Crippen molar-refractivity contribution in [1.29, 1.82) is 10.8 Å². The van der Waals surface area contributed by atoms with Gasteiger partial charge >= 0.3 is 0 Å². The summed E-state index contributed by atoms with van der Waals surface area (Å²) < 4.78 is 0. The molecule has 0 radical (unpaired) electrons. The van der Waals surface area contributed by atoms with E-state index in [9.17, 15) is 4.79 Å². The Hall–Kier alpha value is -1.45. The summed E-state index contributed by atoms with van der Waals surface area (Å²) in [4.78, 5) is 11.8. The first-order valence-corrected chi connectivity index (χ1v) is 7.06. The van der Waals surface area contributed by atoms with Gasteiger partial charge in [-0.2, -0.15) is 0 Å². The average molecular weight is 265 g/mol. The average Bonchev–Trinajstić information content (AvgIpc) is 2.37. The number of hydrogen-bond donors (Lipinski definition) is 3. The standard InChI is InChI=1S/C15H25N3O.H2/c1-10(2)13(16)8-9-14(17)15(19)18-12-6-4-11(3)5-7-12;/h8-12,16-17H,4-7H2,1-3H3,(H,18,19);1H/b9-8-,16-13?,17-14?;. The molecular weight excluding hydrogens is 238 g/mol. The van der Waals surface area contributed by atoms with E-state index in [0.717, 1.165) is 31.6 Å². The van der Waals surface area contributed by atoms with Crippen molar-refractivity contribution in [3.8, 4) is 0 Å². The third-order valence-electron chi connectivity index (χ3n) is 3.65. The van der Waals surface area contributed by atoms with Crippen LogP contribution < -0.4 is 5.32 Å². The van der Waals surface area contributed by atoms with Gasteiger partial charge in [-0.25, -0.2) is 0 Å². The Morgan fingerprint density at radius 1 is 1.21 bits per heavy atom. The Morgan fingerprint density at radius 3 is 2.32 bits per heavy atom. The zero-order chi connectivity index (χ0) is 14.4. The van der Waals surface area contributed by atoms with Crippen molar-refractivity contribution in [2.75, 3.05) is 0 Å². The fourth-order valence-electron chi connectivity index (χ4n) is 2.11. The molecule has 4 heteroatoms. The van der Waals surface area contributed by atoms with Crippen molar-refractivity contribution in [3.05, 3.63) is 12.2 Å². The first-order valence-electron chi connectivity index (χ1n) is 7.06. The lowest BCUT2D eigenvalue weighted by Gasteiger charge is -2.26. The summed E-state index contributed by atoms with van der Waals surface area (Å²) in [6.07, 6.45) is 7.26. The first-order chi connectivity index (χ1) is 8.90. The highest BCUT2D eigenvalue weighted by atomic mass is 16.1. The Kier molecular flexibility index (Phi) is 5.93. The highest BCUT2D eigenvalue weighted by Crippen LogP contribution is 2.23. The summed E-state index contributed by atoms with van der Waals surface area (Å²) in [6.45, 7) is 6.07. The van der Waals surface area contributed by atoms with Gasteiger partial charge < -0.3 is 10.7 Å². The smallest absolute Gasteiger partial charge is 0.269 e. The normalized spacial score (nSPS) is 23.6. The van der Waals surface area contributed by atoms with E-state index in [2.05, 4.69) is 12.2 Å². The third-order valence-corrected chi connectivity index (χ3v) is 3.65. The van der Waals surface area contributed by atoms with Gasteiger partial charge in [0.05, 0.1) is 0 Å². The van der Waals surface area contributed by atoms with Crippen LogP contribution in [0.4, 0.5) is 0 Å². The molecule has 0 bridgehead atoms. The Balaban J connectivity index is 0.00000361. The largest absolute Gasteiger partial charge is 0.348 e. The predicted octanol–water partition coefficient (Wildman–Crippen LogP) is 3.18. The number of rotatable bonds is 5.